The van der Waals surface area contributed by atoms with Crippen LogP contribution in [0.5, 0.6) is 0 Å². The van der Waals surface area contributed by atoms with Crippen molar-refractivity contribution in [2.24, 2.45) is 0 Å². The number of hydrogen-bond acceptors (Lipinski definition) is 1. The monoisotopic (exact) mass is 310 g/mol. The van der Waals surface area contributed by atoms with Gasteiger partial charge in [0, 0.05) is 6.92 Å². The zero-order valence-electron chi connectivity index (χ0n) is 9.39. The minimum absolute atomic E-state index is 0.478. The topological polar surface area (TPSA) is 9.23 Å². The second kappa shape index (κ2) is 4.67. The predicted molar refractivity (Wildman–Crippen MR) is 42.3 cm³/mol. The molecule has 116 valence electrons. The van der Waals surface area contributed by atoms with Crippen molar-refractivity contribution in [2.45, 2.75) is 36.4 Å². The average Bonchev–Trinajstić information content (AvgIpc) is 2.37. The number of alkyl halides is 10. The first-order valence-corrected chi connectivity index (χ1v) is 4.42. The lowest BCUT2D eigenvalue weighted by Gasteiger charge is -2.34. The van der Waals surface area contributed by atoms with Crippen LogP contribution in [0.2, 0.25) is 0 Å². The van der Waals surface area contributed by atoms with Gasteiger partial charge in [0.25, 0.3) is 5.67 Å². The van der Waals surface area contributed by atoms with Crippen LogP contribution in [-0.2, 0) is 4.74 Å². The highest BCUT2D eigenvalue weighted by molar-refractivity contribution is 5.17. The fourth-order valence-electron chi connectivity index (χ4n) is 1.36. The van der Waals surface area contributed by atoms with E-state index in [2.05, 4.69) is 4.74 Å². The van der Waals surface area contributed by atoms with E-state index in [9.17, 15) is 43.9 Å². The highest BCUT2D eigenvalue weighted by atomic mass is 19.3. The molecule has 0 aromatic rings. The molecule has 19 heavy (non-hydrogen) atoms. The van der Waals surface area contributed by atoms with E-state index in [1.807, 2.05) is 0 Å². The fraction of sp³-hybridized carbons (Fsp3) is 1.00. The van der Waals surface area contributed by atoms with E-state index in [1.165, 1.54) is 0 Å². The summed E-state index contributed by atoms with van der Waals surface area (Å²) in [6.07, 6.45) is -5.89. The van der Waals surface area contributed by atoms with Crippen molar-refractivity contribution < 1.29 is 48.6 Å². The third-order valence-corrected chi connectivity index (χ3v) is 2.39. The van der Waals surface area contributed by atoms with Crippen LogP contribution in [0, 0.1) is 0 Å². The SMILES string of the molecule is CC(F)(F)C1(F)OC(F)(F)C(F)(F)C1(F)CF.CF. The molecule has 1 rings (SSSR count). The molecule has 0 aromatic heterocycles. The van der Waals surface area contributed by atoms with Gasteiger partial charge in [-0.1, -0.05) is 0 Å². The molecule has 0 aliphatic carbocycles. The van der Waals surface area contributed by atoms with Gasteiger partial charge >= 0.3 is 23.8 Å². The lowest BCUT2D eigenvalue weighted by molar-refractivity contribution is -0.368. The van der Waals surface area contributed by atoms with Gasteiger partial charge in [-0.25, -0.2) is 22.0 Å². The maximum Gasteiger partial charge on any atom is 0.426 e. The maximum atomic E-state index is 13.3. The standard InChI is InChI=1S/C7H5F9O.CH3F/c1-3(9,10)6(14)4(11,2-8)5(12,13)7(15,16)17-6;1-2/h2H2,1H3;1H3. The molecule has 1 aliphatic heterocycles. The number of halogens is 10. The first kappa shape index (κ1) is 18.3. The zero-order valence-corrected chi connectivity index (χ0v) is 9.39. The average molecular weight is 310 g/mol. The van der Waals surface area contributed by atoms with Gasteiger partial charge in [0.1, 0.15) is 6.67 Å². The Kier molecular flexibility index (Phi) is 4.49. The van der Waals surface area contributed by atoms with Crippen molar-refractivity contribution in [1.29, 1.82) is 0 Å². The van der Waals surface area contributed by atoms with Crippen LogP contribution in [0.1, 0.15) is 6.92 Å². The molecule has 0 amide bonds. The van der Waals surface area contributed by atoms with Crippen molar-refractivity contribution >= 4 is 0 Å². The van der Waals surface area contributed by atoms with E-state index in [4.69, 9.17) is 0 Å². The third-order valence-electron chi connectivity index (χ3n) is 2.39. The van der Waals surface area contributed by atoms with Gasteiger partial charge in [-0.3, -0.25) is 9.13 Å². The molecule has 0 bridgehead atoms. The summed E-state index contributed by atoms with van der Waals surface area (Å²) >= 11 is 0. The molecule has 11 heteroatoms. The molecule has 1 fully saturated rings. The molecule has 1 heterocycles. The van der Waals surface area contributed by atoms with Gasteiger partial charge in [0.05, 0.1) is 7.18 Å². The predicted octanol–water partition coefficient (Wildman–Crippen LogP) is 3.83. The fourth-order valence-corrected chi connectivity index (χ4v) is 1.36. The number of hydrogen-bond donors (Lipinski definition) is 0. The Morgan fingerprint density at radius 1 is 0.947 bits per heavy atom. The summed E-state index contributed by atoms with van der Waals surface area (Å²) in [5.74, 6) is -16.6. The van der Waals surface area contributed by atoms with Crippen LogP contribution >= 0.6 is 0 Å². The summed E-state index contributed by atoms with van der Waals surface area (Å²) in [6.45, 7) is -3.58. The van der Waals surface area contributed by atoms with Crippen molar-refractivity contribution in [1.82, 2.24) is 0 Å². The van der Waals surface area contributed by atoms with Crippen molar-refractivity contribution in [3.05, 3.63) is 0 Å². The molecule has 1 nitrogen and oxygen atoms in total. The smallest absolute Gasteiger partial charge is 0.269 e. The summed E-state index contributed by atoms with van der Waals surface area (Å²) in [7, 11) is 0.500. The van der Waals surface area contributed by atoms with Gasteiger partial charge in [-0.2, -0.15) is 17.6 Å². The molecule has 0 radical (unpaired) electrons. The van der Waals surface area contributed by atoms with E-state index in [0.717, 1.165) is 0 Å². The number of ether oxygens (including phenoxy) is 1. The van der Waals surface area contributed by atoms with Crippen LogP contribution in [0.3, 0.4) is 0 Å². The summed E-state index contributed by atoms with van der Waals surface area (Å²) in [5.41, 5.74) is -5.48. The Labute approximate surface area is 100 Å². The van der Waals surface area contributed by atoms with Crippen LogP contribution in [0.25, 0.3) is 0 Å². The van der Waals surface area contributed by atoms with Gasteiger partial charge in [-0.05, 0) is 0 Å². The minimum Gasteiger partial charge on any atom is -0.269 e. The molecule has 0 aromatic carbocycles. The van der Waals surface area contributed by atoms with E-state index < -0.39 is 43.1 Å². The largest absolute Gasteiger partial charge is 0.426 e. The normalized spacial score (nSPS) is 36.6. The molecule has 1 saturated heterocycles. The van der Waals surface area contributed by atoms with Crippen molar-refractivity contribution in [3.63, 3.8) is 0 Å². The molecule has 0 N–H and O–H groups in total. The lowest BCUT2D eigenvalue weighted by atomic mass is 9.89. The second-order valence-corrected chi connectivity index (χ2v) is 3.61. The summed E-state index contributed by atoms with van der Waals surface area (Å²) in [6, 6.07) is 0. The molecular formula is C8H8F10O. The van der Waals surface area contributed by atoms with E-state index in [1.54, 1.807) is 0 Å². The summed E-state index contributed by atoms with van der Waals surface area (Å²) in [5, 5.41) is 0. The van der Waals surface area contributed by atoms with Crippen LogP contribution in [-0.4, -0.2) is 43.3 Å². The quantitative estimate of drug-likeness (QED) is 0.704. The zero-order chi connectivity index (χ0) is 15.9. The molecule has 0 spiro atoms. The molecule has 2 unspecified atom stereocenters. The third kappa shape index (κ3) is 2.05. The molecule has 2 atom stereocenters. The Morgan fingerprint density at radius 3 is 1.53 bits per heavy atom. The Hall–Kier alpha value is -0.740. The van der Waals surface area contributed by atoms with Crippen LogP contribution in [0.15, 0.2) is 0 Å². The Balaban J connectivity index is 0.00000154. The lowest BCUT2D eigenvalue weighted by Crippen LogP contribution is -2.63. The van der Waals surface area contributed by atoms with Crippen LogP contribution < -0.4 is 0 Å². The van der Waals surface area contributed by atoms with E-state index in [0.29, 0.717) is 7.18 Å². The van der Waals surface area contributed by atoms with Crippen LogP contribution in [0.4, 0.5) is 43.9 Å². The van der Waals surface area contributed by atoms with Gasteiger partial charge < -0.3 is 0 Å². The number of rotatable bonds is 2. The highest BCUT2D eigenvalue weighted by Crippen LogP contribution is 2.63. The highest BCUT2D eigenvalue weighted by Gasteiger charge is 2.92. The summed E-state index contributed by atoms with van der Waals surface area (Å²) in [4.78, 5) is 0. The van der Waals surface area contributed by atoms with Gasteiger partial charge in [0.15, 0.2) is 0 Å². The van der Waals surface area contributed by atoms with E-state index >= 15 is 0 Å². The Morgan fingerprint density at radius 2 is 1.32 bits per heavy atom. The first-order chi connectivity index (χ1) is 8.27. The first-order valence-electron chi connectivity index (χ1n) is 4.42. The molecule has 0 saturated carbocycles. The minimum atomic E-state index is -6.07. The second-order valence-electron chi connectivity index (χ2n) is 3.61. The van der Waals surface area contributed by atoms with Gasteiger partial charge in [-0.15, -0.1) is 0 Å². The summed E-state index contributed by atoms with van der Waals surface area (Å²) < 4.78 is 126. The van der Waals surface area contributed by atoms with Crippen molar-refractivity contribution in [3.8, 4) is 0 Å². The molecule has 1 aliphatic rings. The van der Waals surface area contributed by atoms with E-state index in [-0.39, 0.29) is 0 Å². The van der Waals surface area contributed by atoms with Gasteiger partial charge in [0.2, 0.25) is 0 Å². The van der Waals surface area contributed by atoms with Crippen molar-refractivity contribution in [2.75, 3.05) is 13.9 Å². The maximum absolute atomic E-state index is 13.3. The Bertz CT molecular complexity index is 324. The molecular weight excluding hydrogens is 302 g/mol.